The molecule has 1 saturated heterocycles. The first-order valence-corrected chi connectivity index (χ1v) is 7.97. The van der Waals surface area contributed by atoms with Gasteiger partial charge in [0.05, 0.1) is 0 Å². The first-order chi connectivity index (χ1) is 9.76. The molecule has 1 fully saturated rings. The predicted octanol–water partition coefficient (Wildman–Crippen LogP) is 1.31. The number of unbranched alkanes of at least 4 members (excludes halogenated alkanes) is 1. The van der Waals surface area contributed by atoms with E-state index in [1.54, 1.807) is 0 Å². The number of nitrogens with zero attached hydrogens (tertiary/aromatic N) is 2. The number of hydrogen-bond acceptors (Lipinski definition) is 3. The van der Waals surface area contributed by atoms with Crippen molar-refractivity contribution in [2.24, 2.45) is 10.9 Å². The Balaban J connectivity index is 1.99. The van der Waals surface area contributed by atoms with Crippen molar-refractivity contribution in [3.8, 4) is 0 Å². The highest BCUT2D eigenvalue weighted by atomic mass is 16.5. The van der Waals surface area contributed by atoms with Gasteiger partial charge in [0, 0.05) is 39.9 Å². The molecule has 20 heavy (non-hydrogen) atoms. The monoisotopic (exact) mass is 284 g/mol. The van der Waals surface area contributed by atoms with E-state index in [-0.39, 0.29) is 0 Å². The van der Waals surface area contributed by atoms with E-state index in [0.29, 0.717) is 0 Å². The Bertz CT molecular complexity index is 271. The maximum Gasteiger partial charge on any atom is 0.190 e. The second-order valence-electron chi connectivity index (χ2n) is 5.62. The normalized spacial score (nSPS) is 20.4. The van der Waals surface area contributed by atoms with Crippen LogP contribution in [0.2, 0.25) is 0 Å². The molecule has 5 heteroatoms. The molecule has 1 atom stereocenters. The zero-order chi connectivity index (χ0) is 14.6. The Hall–Kier alpha value is -0.810. The molecule has 1 aliphatic rings. The molecule has 0 bridgehead atoms. The van der Waals surface area contributed by atoms with Gasteiger partial charge >= 0.3 is 0 Å². The lowest BCUT2D eigenvalue weighted by molar-refractivity contribution is 0.129. The van der Waals surface area contributed by atoms with Gasteiger partial charge in [0.25, 0.3) is 0 Å². The van der Waals surface area contributed by atoms with Crippen LogP contribution < -0.4 is 10.6 Å². The molecule has 118 valence electrons. The smallest absolute Gasteiger partial charge is 0.190 e. The van der Waals surface area contributed by atoms with Crippen molar-refractivity contribution >= 4 is 5.96 Å². The van der Waals surface area contributed by atoms with Crippen molar-refractivity contribution < 1.29 is 4.74 Å². The fraction of sp³-hybridized carbons (Fsp3) is 0.933. The molecule has 2 N–H and O–H groups in total. The Labute approximate surface area is 124 Å². The molecule has 0 aromatic rings. The quantitative estimate of drug-likeness (QED) is 0.381. The van der Waals surface area contributed by atoms with Crippen molar-refractivity contribution in [2.75, 3.05) is 53.5 Å². The Kier molecular flexibility index (Phi) is 9.41. The number of hydrogen-bond donors (Lipinski definition) is 2. The largest absolute Gasteiger partial charge is 0.381 e. The summed E-state index contributed by atoms with van der Waals surface area (Å²) in [5, 5.41) is 6.76. The highest BCUT2D eigenvalue weighted by molar-refractivity contribution is 5.79. The first-order valence-electron chi connectivity index (χ1n) is 7.97. The molecule has 0 aliphatic carbocycles. The average molecular weight is 284 g/mol. The van der Waals surface area contributed by atoms with Crippen LogP contribution in [0, 0.1) is 5.92 Å². The molecule has 1 aliphatic heterocycles. The van der Waals surface area contributed by atoms with Crippen LogP contribution in [-0.2, 0) is 4.74 Å². The van der Waals surface area contributed by atoms with Gasteiger partial charge in [0.15, 0.2) is 5.96 Å². The van der Waals surface area contributed by atoms with Crippen LogP contribution in [0.25, 0.3) is 0 Å². The minimum Gasteiger partial charge on any atom is -0.381 e. The molecule has 1 heterocycles. The minimum absolute atomic E-state index is 0.746. The van der Waals surface area contributed by atoms with E-state index in [0.717, 1.165) is 51.0 Å². The number of guanidine groups is 1. The lowest BCUT2D eigenvalue weighted by Crippen LogP contribution is -2.40. The van der Waals surface area contributed by atoms with Crippen molar-refractivity contribution in [3.05, 3.63) is 0 Å². The van der Waals surface area contributed by atoms with Crippen molar-refractivity contribution in [1.82, 2.24) is 15.5 Å². The standard InChI is InChI=1S/C15H32N4O/c1-4-5-10-20-11-6-8-17-15(16-2)18-12-14-7-9-19(3)13-14/h14H,4-13H2,1-3H3,(H2,16,17,18). The summed E-state index contributed by atoms with van der Waals surface area (Å²) in [6.07, 6.45) is 4.67. The summed E-state index contributed by atoms with van der Waals surface area (Å²) in [5.74, 6) is 1.66. The summed E-state index contributed by atoms with van der Waals surface area (Å²) < 4.78 is 5.54. The molecule has 1 rings (SSSR count). The summed E-state index contributed by atoms with van der Waals surface area (Å²) >= 11 is 0. The van der Waals surface area contributed by atoms with Crippen LogP contribution in [-0.4, -0.2) is 64.3 Å². The average Bonchev–Trinajstić information content (AvgIpc) is 2.87. The summed E-state index contributed by atoms with van der Waals surface area (Å²) in [6, 6.07) is 0. The highest BCUT2D eigenvalue weighted by Gasteiger charge is 2.19. The Morgan fingerprint density at radius 3 is 2.75 bits per heavy atom. The van der Waals surface area contributed by atoms with Gasteiger partial charge in [0.2, 0.25) is 0 Å². The van der Waals surface area contributed by atoms with E-state index in [2.05, 4.69) is 34.5 Å². The number of rotatable bonds is 9. The van der Waals surface area contributed by atoms with Crippen molar-refractivity contribution in [2.45, 2.75) is 32.6 Å². The van der Waals surface area contributed by atoms with E-state index in [4.69, 9.17) is 4.74 Å². The van der Waals surface area contributed by atoms with Gasteiger partial charge in [-0.15, -0.1) is 0 Å². The summed E-state index contributed by atoms with van der Waals surface area (Å²) in [5.41, 5.74) is 0. The van der Waals surface area contributed by atoms with Gasteiger partial charge in [-0.2, -0.15) is 0 Å². The van der Waals surface area contributed by atoms with E-state index < -0.39 is 0 Å². The van der Waals surface area contributed by atoms with E-state index in [9.17, 15) is 0 Å². The molecule has 0 amide bonds. The second-order valence-corrected chi connectivity index (χ2v) is 5.62. The SMILES string of the molecule is CCCCOCCCNC(=NC)NCC1CCN(C)C1. The lowest BCUT2D eigenvalue weighted by atomic mass is 10.1. The number of likely N-dealkylation sites (tertiary alicyclic amines) is 1. The lowest BCUT2D eigenvalue weighted by Gasteiger charge is -2.15. The summed E-state index contributed by atoms with van der Waals surface area (Å²) in [4.78, 5) is 6.64. The van der Waals surface area contributed by atoms with Crippen LogP contribution in [0.3, 0.4) is 0 Å². The molecule has 0 saturated carbocycles. The fourth-order valence-corrected chi connectivity index (χ4v) is 2.38. The van der Waals surface area contributed by atoms with E-state index in [1.807, 2.05) is 7.05 Å². The predicted molar refractivity (Wildman–Crippen MR) is 85.3 cm³/mol. The van der Waals surface area contributed by atoms with Crippen LogP contribution in [0.4, 0.5) is 0 Å². The van der Waals surface area contributed by atoms with Crippen LogP contribution in [0.5, 0.6) is 0 Å². The molecule has 0 aromatic carbocycles. The highest BCUT2D eigenvalue weighted by Crippen LogP contribution is 2.12. The third-order valence-corrected chi connectivity index (χ3v) is 3.67. The summed E-state index contributed by atoms with van der Waals surface area (Å²) in [7, 11) is 4.01. The zero-order valence-electron chi connectivity index (χ0n) is 13.5. The molecular formula is C15H32N4O. The van der Waals surface area contributed by atoms with Crippen molar-refractivity contribution in [3.63, 3.8) is 0 Å². The maximum atomic E-state index is 5.54. The maximum absolute atomic E-state index is 5.54. The molecule has 5 nitrogen and oxygen atoms in total. The molecule has 0 aromatic heterocycles. The third kappa shape index (κ3) is 7.70. The Morgan fingerprint density at radius 1 is 1.30 bits per heavy atom. The van der Waals surface area contributed by atoms with Gasteiger partial charge in [-0.25, -0.2) is 0 Å². The number of nitrogens with one attached hydrogen (secondary N) is 2. The third-order valence-electron chi connectivity index (χ3n) is 3.67. The molecular weight excluding hydrogens is 252 g/mol. The van der Waals surface area contributed by atoms with Crippen LogP contribution in [0.15, 0.2) is 4.99 Å². The fourth-order valence-electron chi connectivity index (χ4n) is 2.38. The zero-order valence-corrected chi connectivity index (χ0v) is 13.5. The van der Waals surface area contributed by atoms with Crippen LogP contribution in [0.1, 0.15) is 32.6 Å². The van der Waals surface area contributed by atoms with Crippen LogP contribution >= 0.6 is 0 Å². The topological polar surface area (TPSA) is 48.9 Å². The number of ether oxygens (including phenoxy) is 1. The van der Waals surface area contributed by atoms with Gasteiger partial charge in [-0.3, -0.25) is 4.99 Å². The van der Waals surface area contributed by atoms with Gasteiger partial charge < -0.3 is 20.3 Å². The molecule has 0 radical (unpaired) electrons. The van der Waals surface area contributed by atoms with Gasteiger partial charge in [-0.05, 0) is 38.8 Å². The van der Waals surface area contributed by atoms with Crippen molar-refractivity contribution in [1.29, 1.82) is 0 Å². The number of aliphatic imine (C=N–C) groups is 1. The second kappa shape index (κ2) is 10.9. The van der Waals surface area contributed by atoms with E-state index >= 15 is 0 Å². The van der Waals surface area contributed by atoms with Gasteiger partial charge in [-0.1, -0.05) is 13.3 Å². The Morgan fingerprint density at radius 2 is 2.10 bits per heavy atom. The summed E-state index contributed by atoms with van der Waals surface area (Å²) in [6.45, 7) is 8.23. The van der Waals surface area contributed by atoms with Gasteiger partial charge in [0.1, 0.15) is 0 Å². The first kappa shape index (κ1) is 17.2. The van der Waals surface area contributed by atoms with E-state index in [1.165, 1.54) is 25.9 Å². The molecule has 0 spiro atoms. The minimum atomic E-state index is 0.746. The molecule has 1 unspecified atom stereocenters.